The number of aliphatic imine (C=N–C) groups is 1. The smallest absolute Gasteiger partial charge is 0.356 e. The van der Waals surface area contributed by atoms with Gasteiger partial charge in [-0.1, -0.05) is 30.3 Å². The van der Waals surface area contributed by atoms with Gasteiger partial charge in [0.2, 0.25) is 0 Å². The van der Waals surface area contributed by atoms with Crippen molar-refractivity contribution in [2.45, 2.75) is 32.0 Å². The molecule has 25 heavy (non-hydrogen) atoms. The number of alkyl halides is 3. The Morgan fingerprint density at radius 2 is 1.84 bits per heavy atom. The van der Waals surface area contributed by atoms with E-state index in [1.165, 1.54) is 10.5 Å². The lowest BCUT2D eigenvalue weighted by atomic mass is 9.93. The van der Waals surface area contributed by atoms with E-state index in [1.54, 1.807) is 7.05 Å². The van der Waals surface area contributed by atoms with Crippen molar-refractivity contribution >= 4 is 5.96 Å². The highest BCUT2D eigenvalue weighted by Crippen LogP contribution is 2.23. The average molecular weight is 356 g/mol. The first kappa shape index (κ1) is 19.6. The molecule has 7 heteroatoms. The summed E-state index contributed by atoms with van der Waals surface area (Å²) in [6, 6.07) is 10.1. The van der Waals surface area contributed by atoms with Gasteiger partial charge >= 0.3 is 6.18 Å². The molecule has 1 aromatic rings. The van der Waals surface area contributed by atoms with Gasteiger partial charge in [0.05, 0.1) is 6.54 Å². The molecule has 0 amide bonds. The minimum atomic E-state index is -4.09. The van der Waals surface area contributed by atoms with E-state index in [2.05, 4.69) is 27.8 Å². The van der Waals surface area contributed by atoms with Crippen LogP contribution in [0.25, 0.3) is 0 Å². The Bertz CT molecular complexity index is 523. The zero-order valence-corrected chi connectivity index (χ0v) is 14.6. The molecular formula is C18H27F3N4. The van der Waals surface area contributed by atoms with Crippen LogP contribution in [0.3, 0.4) is 0 Å². The van der Waals surface area contributed by atoms with E-state index in [9.17, 15) is 13.2 Å². The van der Waals surface area contributed by atoms with Crippen LogP contribution in [0.2, 0.25) is 0 Å². The molecule has 0 radical (unpaired) electrons. The van der Waals surface area contributed by atoms with Crippen LogP contribution >= 0.6 is 0 Å². The average Bonchev–Trinajstić information content (AvgIpc) is 2.59. The molecule has 1 saturated heterocycles. The van der Waals surface area contributed by atoms with Crippen LogP contribution in [-0.4, -0.2) is 50.3 Å². The number of halogens is 3. The Hall–Kier alpha value is -1.76. The Kier molecular flexibility index (Phi) is 7.55. The van der Waals surface area contributed by atoms with Crippen molar-refractivity contribution in [3.05, 3.63) is 35.9 Å². The Morgan fingerprint density at radius 3 is 2.44 bits per heavy atom. The third-order valence-electron chi connectivity index (χ3n) is 4.48. The Labute approximate surface area is 147 Å². The SMILES string of the molecule is CN=C(NCCC1CCN(CC(F)(F)F)CC1)NCc1ccccc1. The fraction of sp³-hybridized carbons (Fsp3) is 0.611. The van der Waals surface area contributed by atoms with Crippen LogP contribution in [0, 0.1) is 5.92 Å². The topological polar surface area (TPSA) is 39.7 Å². The van der Waals surface area contributed by atoms with Crippen molar-refractivity contribution in [1.82, 2.24) is 15.5 Å². The minimum absolute atomic E-state index is 0.476. The third-order valence-corrected chi connectivity index (χ3v) is 4.48. The number of piperidine rings is 1. The molecule has 0 saturated carbocycles. The number of likely N-dealkylation sites (tertiary alicyclic amines) is 1. The van der Waals surface area contributed by atoms with Gasteiger partial charge in [-0.3, -0.25) is 9.89 Å². The van der Waals surface area contributed by atoms with Gasteiger partial charge in [0.25, 0.3) is 0 Å². The monoisotopic (exact) mass is 356 g/mol. The fourth-order valence-corrected chi connectivity index (χ4v) is 3.08. The van der Waals surface area contributed by atoms with E-state index in [4.69, 9.17) is 0 Å². The highest BCUT2D eigenvalue weighted by Gasteiger charge is 2.32. The zero-order chi connectivity index (χ0) is 18.1. The van der Waals surface area contributed by atoms with Crippen LogP contribution in [-0.2, 0) is 6.54 Å². The first-order chi connectivity index (χ1) is 12.0. The number of nitrogens with zero attached hydrogens (tertiary/aromatic N) is 2. The molecule has 0 unspecified atom stereocenters. The molecule has 1 fully saturated rings. The molecular weight excluding hydrogens is 329 g/mol. The van der Waals surface area contributed by atoms with E-state index >= 15 is 0 Å². The van der Waals surface area contributed by atoms with Gasteiger partial charge in [-0.25, -0.2) is 0 Å². The van der Waals surface area contributed by atoms with Crippen LogP contribution in [0.15, 0.2) is 35.3 Å². The number of rotatable bonds is 6. The molecule has 1 aliphatic heterocycles. The number of hydrogen-bond acceptors (Lipinski definition) is 2. The maximum atomic E-state index is 12.4. The van der Waals surface area contributed by atoms with E-state index < -0.39 is 12.7 Å². The van der Waals surface area contributed by atoms with Gasteiger partial charge in [0.15, 0.2) is 5.96 Å². The quantitative estimate of drug-likeness (QED) is 0.608. The fourth-order valence-electron chi connectivity index (χ4n) is 3.08. The number of hydrogen-bond donors (Lipinski definition) is 2. The van der Waals surface area contributed by atoms with Gasteiger partial charge in [-0.2, -0.15) is 13.2 Å². The Morgan fingerprint density at radius 1 is 1.16 bits per heavy atom. The molecule has 1 aliphatic rings. The third kappa shape index (κ3) is 7.77. The van der Waals surface area contributed by atoms with Gasteiger partial charge in [0.1, 0.15) is 0 Å². The summed E-state index contributed by atoms with van der Waals surface area (Å²) < 4.78 is 37.2. The number of nitrogens with one attached hydrogen (secondary N) is 2. The van der Waals surface area contributed by atoms with Crippen molar-refractivity contribution in [2.75, 3.05) is 33.2 Å². The molecule has 0 aromatic heterocycles. The van der Waals surface area contributed by atoms with Crippen molar-refractivity contribution in [3.8, 4) is 0 Å². The molecule has 2 N–H and O–H groups in total. The zero-order valence-electron chi connectivity index (χ0n) is 14.6. The second-order valence-corrected chi connectivity index (χ2v) is 6.46. The lowest BCUT2D eigenvalue weighted by Gasteiger charge is -2.32. The summed E-state index contributed by atoms with van der Waals surface area (Å²) in [4.78, 5) is 5.70. The summed E-state index contributed by atoms with van der Waals surface area (Å²) in [5.74, 6) is 1.22. The van der Waals surface area contributed by atoms with Crippen LogP contribution in [0.5, 0.6) is 0 Å². The van der Waals surface area contributed by atoms with Gasteiger partial charge in [-0.15, -0.1) is 0 Å². The molecule has 1 aromatic carbocycles. The van der Waals surface area contributed by atoms with Gasteiger partial charge in [0, 0.05) is 20.1 Å². The summed E-state index contributed by atoms with van der Waals surface area (Å²) in [6.07, 6.45) is -1.49. The van der Waals surface area contributed by atoms with Crippen molar-refractivity contribution in [3.63, 3.8) is 0 Å². The van der Waals surface area contributed by atoms with E-state index in [0.29, 0.717) is 25.6 Å². The molecule has 2 rings (SSSR count). The normalized spacial score (nSPS) is 17.5. The lowest BCUT2D eigenvalue weighted by molar-refractivity contribution is -0.148. The summed E-state index contributed by atoms with van der Waals surface area (Å²) in [6.45, 7) is 1.76. The van der Waals surface area contributed by atoms with Crippen LogP contribution < -0.4 is 10.6 Å². The Balaban J connectivity index is 1.61. The van der Waals surface area contributed by atoms with E-state index in [-0.39, 0.29) is 0 Å². The molecule has 0 atom stereocenters. The van der Waals surface area contributed by atoms with E-state index in [0.717, 1.165) is 31.8 Å². The van der Waals surface area contributed by atoms with Crippen molar-refractivity contribution in [1.29, 1.82) is 0 Å². The minimum Gasteiger partial charge on any atom is -0.356 e. The molecule has 0 spiro atoms. The molecule has 0 bridgehead atoms. The van der Waals surface area contributed by atoms with Crippen molar-refractivity contribution in [2.24, 2.45) is 10.9 Å². The second-order valence-electron chi connectivity index (χ2n) is 6.46. The van der Waals surface area contributed by atoms with Gasteiger partial charge in [-0.05, 0) is 43.8 Å². The lowest BCUT2D eigenvalue weighted by Crippen LogP contribution is -2.41. The second kappa shape index (κ2) is 9.65. The number of benzene rings is 1. The maximum absolute atomic E-state index is 12.4. The highest BCUT2D eigenvalue weighted by atomic mass is 19.4. The number of guanidine groups is 1. The highest BCUT2D eigenvalue weighted by molar-refractivity contribution is 5.79. The summed E-state index contributed by atoms with van der Waals surface area (Å²) in [5.41, 5.74) is 1.18. The predicted molar refractivity (Wildman–Crippen MR) is 94.5 cm³/mol. The summed E-state index contributed by atoms with van der Waals surface area (Å²) in [7, 11) is 1.73. The molecule has 140 valence electrons. The van der Waals surface area contributed by atoms with E-state index in [1.807, 2.05) is 18.2 Å². The van der Waals surface area contributed by atoms with Gasteiger partial charge < -0.3 is 10.6 Å². The molecule has 1 heterocycles. The molecule has 0 aliphatic carbocycles. The first-order valence-corrected chi connectivity index (χ1v) is 8.74. The largest absolute Gasteiger partial charge is 0.401 e. The first-order valence-electron chi connectivity index (χ1n) is 8.74. The van der Waals surface area contributed by atoms with Crippen LogP contribution in [0.4, 0.5) is 13.2 Å². The predicted octanol–water partition coefficient (Wildman–Crippen LogP) is 3.02. The van der Waals surface area contributed by atoms with Crippen molar-refractivity contribution < 1.29 is 13.2 Å². The summed E-state index contributed by atoms with van der Waals surface area (Å²) in [5, 5.41) is 6.54. The maximum Gasteiger partial charge on any atom is 0.401 e. The standard InChI is InChI=1S/C18H27F3N4/c1-22-17(24-13-16-5-3-2-4-6-16)23-10-7-15-8-11-25(12-9-15)14-18(19,20)21/h2-6,15H,7-14H2,1H3,(H2,22,23,24). The van der Waals surface area contributed by atoms with Crippen LogP contribution in [0.1, 0.15) is 24.8 Å². The summed E-state index contributed by atoms with van der Waals surface area (Å²) >= 11 is 0. The molecule has 4 nitrogen and oxygen atoms in total.